The molecule has 2 aliphatic rings. The maximum Gasteiger partial charge on any atom is 0.138 e. The van der Waals surface area contributed by atoms with Crippen LogP contribution in [-0.2, 0) is 11.8 Å². The first-order valence-electron chi connectivity index (χ1n) is 9.26. The topological polar surface area (TPSA) is 49.8 Å². The molecule has 0 amide bonds. The zero-order valence-corrected chi connectivity index (χ0v) is 15.8. The summed E-state index contributed by atoms with van der Waals surface area (Å²) in [7, 11) is 2.06. The van der Waals surface area contributed by atoms with E-state index < -0.39 is 0 Å². The van der Waals surface area contributed by atoms with Gasteiger partial charge in [0.25, 0.3) is 0 Å². The molecule has 0 radical (unpaired) electrons. The fourth-order valence-electron chi connectivity index (χ4n) is 4.52. The second kappa shape index (κ2) is 6.26. The molecule has 2 aromatic rings. The van der Waals surface area contributed by atoms with Gasteiger partial charge in [0.1, 0.15) is 17.0 Å². The number of nitrogens with zero attached hydrogens (tertiary/aromatic N) is 2. The summed E-state index contributed by atoms with van der Waals surface area (Å²) in [6.07, 6.45) is 9.27. The molecule has 5 heteroatoms. The van der Waals surface area contributed by atoms with Gasteiger partial charge in [-0.1, -0.05) is 13.8 Å². The third-order valence-corrected chi connectivity index (χ3v) is 7.05. The van der Waals surface area contributed by atoms with Gasteiger partial charge in [-0.15, -0.1) is 11.3 Å². The molecule has 0 unspecified atom stereocenters. The van der Waals surface area contributed by atoms with Gasteiger partial charge in [-0.2, -0.15) is 0 Å². The summed E-state index contributed by atoms with van der Waals surface area (Å²) in [5, 5.41) is 8.40. The molecule has 2 N–H and O–H groups in total. The van der Waals surface area contributed by atoms with Crippen molar-refractivity contribution >= 4 is 27.4 Å². The number of thiophene rings is 1. The van der Waals surface area contributed by atoms with Crippen molar-refractivity contribution in [3.8, 4) is 0 Å². The van der Waals surface area contributed by atoms with Crippen molar-refractivity contribution in [1.82, 2.24) is 15.3 Å². The van der Waals surface area contributed by atoms with Crippen LogP contribution in [0.25, 0.3) is 10.2 Å². The Morgan fingerprint density at radius 2 is 2.00 bits per heavy atom. The Labute approximate surface area is 148 Å². The highest BCUT2D eigenvalue weighted by Crippen LogP contribution is 2.48. The Kier molecular flexibility index (Phi) is 4.25. The van der Waals surface area contributed by atoms with Crippen LogP contribution in [0.2, 0.25) is 0 Å². The quantitative estimate of drug-likeness (QED) is 0.876. The number of rotatable bonds is 4. The van der Waals surface area contributed by atoms with Crippen LogP contribution in [0.3, 0.4) is 0 Å². The molecule has 24 heavy (non-hydrogen) atoms. The summed E-state index contributed by atoms with van der Waals surface area (Å²) < 4.78 is 0. The maximum atomic E-state index is 4.64. The van der Waals surface area contributed by atoms with Crippen molar-refractivity contribution in [2.75, 3.05) is 18.9 Å². The molecule has 0 spiro atoms. The van der Waals surface area contributed by atoms with Crippen molar-refractivity contribution in [3.63, 3.8) is 0 Å². The average Bonchev–Trinajstić information content (AvgIpc) is 3.08. The van der Waals surface area contributed by atoms with Gasteiger partial charge in [0.2, 0.25) is 0 Å². The molecule has 0 aliphatic heterocycles. The van der Waals surface area contributed by atoms with E-state index in [2.05, 4.69) is 41.5 Å². The van der Waals surface area contributed by atoms with Crippen molar-refractivity contribution in [2.45, 2.75) is 63.8 Å². The number of anilines is 1. The highest BCUT2D eigenvalue weighted by Gasteiger charge is 2.35. The minimum absolute atomic E-state index is 0.249. The van der Waals surface area contributed by atoms with Crippen molar-refractivity contribution < 1.29 is 0 Å². The smallest absolute Gasteiger partial charge is 0.138 e. The van der Waals surface area contributed by atoms with Crippen LogP contribution in [0.1, 0.15) is 56.4 Å². The van der Waals surface area contributed by atoms with Gasteiger partial charge in [-0.05, 0) is 69.0 Å². The Hall–Kier alpha value is -1.20. The van der Waals surface area contributed by atoms with Crippen LogP contribution < -0.4 is 10.6 Å². The van der Waals surface area contributed by atoms with Crippen LogP contribution in [0, 0.1) is 5.92 Å². The summed E-state index contributed by atoms with van der Waals surface area (Å²) in [5.41, 5.74) is 1.76. The van der Waals surface area contributed by atoms with Gasteiger partial charge in [-0.25, -0.2) is 9.97 Å². The molecule has 0 atom stereocenters. The van der Waals surface area contributed by atoms with E-state index in [-0.39, 0.29) is 5.41 Å². The van der Waals surface area contributed by atoms with E-state index in [9.17, 15) is 0 Å². The van der Waals surface area contributed by atoms with E-state index in [1.54, 1.807) is 6.33 Å². The molecule has 4 nitrogen and oxygen atoms in total. The summed E-state index contributed by atoms with van der Waals surface area (Å²) in [6, 6.07) is 0.552. The summed E-state index contributed by atoms with van der Waals surface area (Å²) in [4.78, 5) is 11.9. The fraction of sp³-hybridized carbons (Fsp3) is 0.684. The van der Waals surface area contributed by atoms with E-state index >= 15 is 0 Å². The minimum atomic E-state index is 0.249. The van der Waals surface area contributed by atoms with Crippen LogP contribution in [0.15, 0.2) is 6.33 Å². The van der Waals surface area contributed by atoms with Crippen LogP contribution in [0.5, 0.6) is 0 Å². The largest absolute Gasteiger partial charge is 0.367 e. The van der Waals surface area contributed by atoms with Crippen LogP contribution in [0.4, 0.5) is 5.82 Å². The summed E-state index contributed by atoms with van der Waals surface area (Å²) >= 11 is 1.87. The summed E-state index contributed by atoms with van der Waals surface area (Å²) in [5.74, 6) is 1.91. The fourth-order valence-corrected chi connectivity index (χ4v) is 5.84. The molecule has 0 bridgehead atoms. The van der Waals surface area contributed by atoms with E-state index in [0.29, 0.717) is 6.04 Å². The zero-order chi connectivity index (χ0) is 16.7. The minimum Gasteiger partial charge on any atom is -0.367 e. The highest BCUT2D eigenvalue weighted by atomic mass is 32.1. The predicted molar refractivity (Wildman–Crippen MR) is 102 cm³/mol. The Morgan fingerprint density at radius 1 is 1.21 bits per heavy atom. The average molecular weight is 345 g/mol. The van der Waals surface area contributed by atoms with E-state index in [1.807, 2.05) is 11.3 Å². The van der Waals surface area contributed by atoms with Gasteiger partial charge in [0, 0.05) is 10.9 Å². The van der Waals surface area contributed by atoms with Crippen molar-refractivity contribution in [1.29, 1.82) is 0 Å². The predicted octanol–water partition coefficient (Wildman–Crippen LogP) is 4.11. The molecule has 0 aromatic carbocycles. The monoisotopic (exact) mass is 344 g/mol. The number of aryl methyl sites for hydroxylation is 1. The Morgan fingerprint density at radius 3 is 2.75 bits per heavy atom. The lowest BCUT2D eigenvalue weighted by Crippen LogP contribution is -2.30. The third-order valence-electron chi connectivity index (χ3n) is 5.90. The Bertz CT molecular complexity index is 728. The molecule has 130 valence electrons. The SMILES string of the molecule is CNC[C@H]1CC[C@H](Nc2ncnc3sc4c(c23)C(C)(C)CC4)CC1. The molecule has 1 saturated carbocycles. The van der Waals surface area contributed by atoms with Gasteiger partial charge >= 0.3 is 0 Å². The zero-order valence-electron chi connectivity index (χ0n) is 15.0. The van der Waals surface area contributed by atoms with Crippen LogP contribution in [-0.4, -0.2) is 29.6 Å². The number of hydrogen-bond acceptors (Lipinski definition) is 5. The Balaban J connectivity index is 1.59. The molecular weight excluding hydrogens is 316 g/mol. The van der Waals surface area contributed by atoms with Crippen molar-refractivity contribution in [2.24, 2.45) is 5.92 Å². The first kappa shape index (κ1) is 16.3. The van der Waals surface area contributed by atoms with Gasteiger partial charge in [0.05, 0.1) is 5.39 Å². The second-order valence-electron chi connectivity index (χ2n) is 8.11. The van der Waals surface area contributed by atoms with E-state index in [1.165, 1.54) is 54.4 Å². The lowest BCUT2D eigenvalue weighted by molar-refractivity contribution is 0.331. The molecule has 0 saturated heterocycles. The van der Waals surface area contributed by atoms with Gasteiger partial charge < -0.3 is 10.6 Å². The first-order valence-corrected chi connectivity index (χ1v) is 10.1. The van der Waals surface area contributed by atoms with E-state index in [0.717, 1.165) is 23.1 Å². The molecular formula is C19H28N4S. The number of hydrogen-bond donors (Lipinski definition) is 2. The van der Waals surface area contributed by atoms with Crippen molar-refractivity contribution in [3.05, 3.63) is 16.8 Å². The standard InChI is InChI=1S/C19H28N4S/c1-19(2)9-8-14-16(19)15-17(21-11-22-18(15)24-14)23-13-6-4-12(5-7-13)10-20-3/h11-13,20H,4-10H2,1-3H3,(H,21,22,23)/t12-,13-. The lowest BCUT2D eigenvalue weighted by atomic mass is 9.85. The number of nitrogens with one attached hydrogen (secondary N) is 2. The number of fused-ring (bicyclic) bond motifs is 3. The highest BCUT2D eigenvalue weighted by molar-refractivity contribution is 7.19. The van der Waals surface area contributed by atoms with Gasteiger partial charge in [-0.3, -0.25) is 0 Å². The van der Waals surface area contributed by atoms with Gasteiger partial charge in [0.15, 0.2) is 0 Å². The molecule has 2 aliphatic carbocycles. The second-order valence-corrected chi connectivity index (χ2v) is 9.19. The lowest BCUT2D eigenvalue weighted by Gasteiger charge is -2.29. The first-order chi connectivity index (χ1) is 11.6. The number of aromatic nitrogens is 2. The molecule has 1 fully saturated rings. The molecule has 2 heterocycles. The normalized spacial score (nSPS) is 25.8. The van der Waals surface area contributed by atoms with Crippen LogP contribution >= 0.6 is 11.3 Å². The molecule has 2 aromatic heterocycles. The molecule has 4 rings (SSSR count). The summed E-state index contributed by atoms with van der Waals surface area (Å²) in [6.45, 7) is 5.88. The maximum absolute atomic E-state index is 4.64. The van der Waals surface area contributed by atoms with E-state index in [4.69, 9.17) is 0 Å². The third kappa shape index (κ3) is 2.82.